The van der Waals surface area contributed by atoms with Crippen molar-refractivity contribution in [1.82, 2.24) is 0 Å². The van der Waals surface area contributed by atoms with Gasteiger partial charge >= 0.3 is 6.18 Å². The first-order valence-corrected chi connectivity index (χ1v) is 7.38. The first-order chi connectivity index (χ1) is 9.47. The summed E-state index contributed by atoms with van der Waals surface area (Å²) in [4.78, 5) is 0. The van der Waals surface area contributed by atoms with Gasteiger partial charge in [-0.2, -0.15) is 13.2 Å². The van der Waals surface area contributed by atoms with E-state index in [1.54, 1.807) is 0 Å². The fourth-order valence-corrected chi connectivity index (χ4v) is 2.22. The molecule has 0 bridgehead atoms. The molecule has 0 radical (unpaired) electrons. The van der Waals surface area contributed by atoms with Gasteiger partial charge in [0.1, 0.15) is 0 Å². The molecule has 4 heteroatoms. The van der Waals surface area contributed by atoms with E-state index in [1.165, 1.54) is 5.56 Å². The molecule has 0 fully saturated rings. The van der Waals surface area contributed by atoms with Crippen LogP contribution in [0.15, 0.2) is 24.3 Å². The Labute approximate surface area is 119 Å². The zero-order valence-electron chi connectivity index (χ0n) is 11.9. The molecule has 1 aromatic rings. The number of unbranched alkanes of at least 4 members (excludes halogenated alkanes) is 6. The molecule has 0 saturated heterocycles. The second kappa shape index (κ2) is 8.88. The van der Waals surface area contributed by atoms with E-state index >= 15 is 0 Å². The predicted molar refractivity (Wildman–Crippen MR) is 77.5 cm³/mol. The van der Waals surface area contributed by atoms with Crippen LogP contribution in [-0.2, 0) is 6.42 Å². The molecule has 0 aromatic heterocycles. The number of hydrogen-bond acceptors (Lipinski definition) is 1. The lowest BCUT2D eigenvalue weighted by atomic mass is 10.0. The monoisotopic (exact) mass is 287 g/mol. The molecule has 0 aliphatic rings. The second-order valence-electron chi connectivity index (χ2n) is 5.33. The second-order valence-corrected chi connectivity index (χ2v) is 5.33. The molecule has 114 valence electrons. The van der Waals surface area contributed by atoms with Crippen molar-refractivity contribution in [2.75, 3.05) is 5.73 Å². The summed E-state index contributed by atoms with van der Waals surface area (Å²) in [5, 5.41) is 0. The van der Waals surface area contributed by atoms with E-state index in [-0.39, 0.29) is 6.42 Å². The van der Waals surface area contributed by atoms with Crippen molar-refractivity contribution in [3.63, 3.8) is 0 Å². The van der Waals surface area contributed by atoms with Crippen molar-refractivity contribution in [2.45, 2.75) is 64.0 Å². The third-order valence-electron chi connectivity index (χ3n) is 3.41. The van der Waals surface area contributed by atoms with Gasteiger partial charge in [-0.3, -0.25) is 0 Å². The maximum absolute atomic E-state index is 11.9. The predicted octanol–water partition coefficient (Wildman–Crippen LogP) is 5.49. The van der Waals surface area contributed by atoms with Crippen molar-refractivity contribution in [3.05, 3.63) is 29.8 Å². The summed E-state index contributed by atoms with van der Waals surface area (Å²) < 4.78 is 35.7. The van der Waals surface area contributed by atoms with Gasteiger partial charge in [-0.15, -0.1) is 0 Å². The van der Waals surface area contributed by atoms with Crippen LogP contribution in [0, 0.1) is 0 Å². The Bertz CT molecular complexity index is 357. The maximum Gasteiger partial charge on any atom is 0.389 e. The van der Waals surface area contributed by atoms with Crippen LogP contribution in [-0.4, -0.2) is 6.18 Å². The Morgan fingerprint density at radius 2 is 1.25 bits per heavy atom. The number of benzene rings is 1. The average Bonchev–Trinajstić information content (AvgIpc) is 2.37. The number of aryl methyl sites for hydroxylation is 1. The van der Waals surface area contributed by atoms with Gasteiger partial charge in [-0.1, -0.05) is 44.2 Å². The molecule has 1 nitrogen and oxygen atoms in total. The number of alkyl halides is 3. The lowest BCUT2D eigenvalue weighted by molar-refractivity contribution is -0.135. The Hall–Kier alpha value is -1.19. The minimum atomic E-state index is -3.99. The molecule has 0 heterocycles. The van der Waals surface area contributed by atoms with Crippen LogP contribution in [0.4, 0.5) is 18.9 Å². The molecule has 0 spiro atoms. The fraction of sp³-hybridized carbons (Fsp3) is 0.625. The summed E-state index contributed by atoms with van der Waals surface area (Å²) in [6.45, 7) is 0. The fourth-order valence-electron chi connectivity index (χ4n) is 2.22. The van der Waals surface area contributed by atoms with Crippen molar-refractivity contribution >= 4 is 5.69 Å². The zero-order chi connectivity index (χ0) is 14.8. The molecule has 1 aromatic carbocycles. The van der Waals surface area contributed by atoms with Gasteiger partial charge in [0.05, 0.1) is 0 Å². The molecule has 0 atom stereocenters. The van der Waals surface area contributed by atoms with E-state index < -0.39 is 12.6 Å². The van der Waals surface area contributed by atoms with Crippen molar-refractivity contribution in [3.8, 4) is 0 Å². The number of nitrogen functional groups attached to an aromatic ring is 1. The molecular weight excluding hydrogens is 263 g/mol. The topological polar surface area (TPSA) is 26.0 Å². The van der Waals surface area contributed by atoms with E-state index in [2.05, 4.69) is 0 Å². The largest absolute Gasteiger partial charge is 0.399 e. The van der Waals surface area contributed by atoms with Crippen LogP contribution in [0.25, 0.3) is 0 Å². The summed E-state index contributed by atoms with van der Waals surface area (Å²) in [7, 11) is 0. The first-order valence-electron chi connectivity index (χ1n) is 7.38. The molecule has 0 aliphatic carbocycles. The van der Waals surface area contributed by atoms with E-state index in [4.69, 9.17) is 5.73 Å². The molecule has 0 unspecified atom stereocenters. The van der Waals surface area contributed by atoms with E-state index in [9.17, 15) is 13.2 Å². The van der Waals surface area contributed by atoms with E-state index in [1.807, 2.05) is 24.3 Å². The van der Waals surface area contributed by atoms with E-state index in [0.717, 1.165) is 44.2 Å². The van der Waals surface area contributed by atoms with Crippen LogP contribution < -0.4 is 5.73 Å². The number of hydrogen-bond donors (Lipinski definition) is 1. The SMILES string of the molecule is Nc1ccc(CCCCCCCCCC(F)(F)F)cc1. The minimum Gasteiger partial charge on any atom is -0.399 e. The lowest BCUT2D eigenvalue weighted by Crippen LogP contribution is -2.06. The van der Waals surface area contributed by atoms with Crippen LogP contribution in [0.1, 0.15) is 56.9 Å². The summed E-state index contributed by atoms with van der Waals surface area (Å²) in [5.41, 5.74) is 7.70. The third kappa shape index (κ3) is 8.83. The highest BCUT2D eigenvalue weighted by molar-refractivity contribution is 5.39. The summed E-state index contributed by atoms with van der Waals surface area (Å²) in [6, 6.07) is 7.92. The van der Waals surface area contributed by atoms with Gasteiger partial charge in [0.2, 0.25) is 0 Å². The summed E-state index contributed by atoms with van der Waals surface area (Å²) >= 11 is 0. The molecule has 0 saturated carbocycles. The van der Waals surface area contributed by atoms with Gasteiger partial charge in [-0.05, 0) is 37.0 Å². The number of halogens is 3. The normalized spacial score (nSPS) is 11.8. The highest BCUT2D eigenvalue weighted by Crippen LogP contribution is 2.23. The Morgan fingerprint density at radius 3 is 1.80 bits per heavy atom. The molecule has 1 rings (SSSR count). The van der Waals surface area contributed by atoms with Crippen molar-refractivity contribution < 1.29 is 13.2 Å². The highest BCUT2D eigenvalue weighted by atomic mass is 19.4. The lowest BCUT2D eigenvalue weighted by Gasteiger charge is -2.05. The number of anilines is 1. The van der Waals surface area contributed by atoms with Gasteiger partial charge in [0.15, 0.2) is 0 Å². The molecule has 0 aliphatic heterocycles. The Balaban J connectivity index is 1.91. The Kier molecular flexibility index (Phi) is 7.48. The van der Waals surface area contributed by atoms with Crippen LogP contribution >= 0.6 is 0 Å². The third-order valence-corrected chi connectivity index (χ3v) is 3.41. The van der Waals surface area contributed by atoms with Crippen molar-refractivity contribution in [2.24, 2.45) is 0 Å². The average molecular weight is 287 g/mol. The van der Waals surface area contributed by atoms with Crippen LogP contribution in [0.2, 0.25) is 0 Å². The van der Waals surface area contributed by atoms with Gasteiger partial charge < -0.3 is 5.73 Å². The summed E-state index contributed by atoms with van der Waals surface area (Å²) in [6.07, 6.45) is 2.73. The number of nitrogens with two attached hydrogens (primary N) is 1. The van der Waals surface area contributed by atoms with Gasteiger partial charge in [-0.25, -0.2) is 0 Å². The van der Waals surface area contributed by atoms with Gasteiger partial charge in [0, 0.05) is 12.1 Å². The van der Waals surface area contributed by atoms with Crippen LogP contribution in [0.5, 0.6) is 0 Å². The molecule has 0 amide bonds. The van der Waals surface area contributed by atoms with E-state index in [0.29, 0.717) is 6.42 Å². The maximum atomic E-state index is 11.9. The molecule has 20 heavy (non-hydrogen) atoms. The first kappa shape index (κ1) is 16.9. The molecule has 2 N–H and O–H groups in total. The smallest absolute Gasteiger partial charge is 0.389 e. The minimum absolute atomic E-state index is 0.273. The van der Waals surface area contributed by atoms with Crippen molar-refractivity contribution in [1.29, 1.82) is 0 Å². The standard InChI is InChI=1S/C16H24F3N/c17-16(18,19)13-7-5-3-1-2-4-6-8-14-9-11-15(20)12-10-14/h9-12H,1-8,13,20H2. The van der Waals surface area contributed by atoms with Crippen LogP contribution in [0.3, 0.4) is 0 Å². The Morgan fingerprint density at radius 1 is 0.750 bits per heavy atom. The molecular formula is C16H24F3N. The highest BCUT2D eigenvalue weighted by Gasteiger charge is 2.25. The quantitative estimate of drug-likeness (QED) is 0.471. The zero-order valence-corrected chi connectivity index (χ0v) is 11.9. The summed E-state index contributed by atoms with van der Waals surface area (Å²) in [5.74, 6) is 0. The number of rotatable bonds is 9. The van der Waals surface area contributed by atoms with Gasteiger partial charge in [0.25, 0.3) is 0 Å².